The van der Waals surface area contributed by atoms with E-state index in [1.807, 2.05) is 37.3 Å². The summed E-state index contributed by atoms with van der Waals surface area (Å²) in [6, 6.07) is 13.8. The quantitative estimate of drug-likeness (QED) is 0.879. The van der Waals surface area contributed by atoms with Crippen molar-refractivity contribution in [3.63, 3.8) is 0 Å². The molecule has 0 amide bonds. The normalized spacial score (nSPS) is 28.0. The molecule has 1 aliphatic carbocycles. The standard InChI is InChI=1S/C22H28N2O3/c1-15-6-5-7-18(23-15)14-24-12-16-10-19(25)22(11-17(16)13-24)27-21-9-4-3-8-20(21)26-2/h3-9,16-17,19,22,25H,10-14H2,1-2H3/t16-,17+,19+,22+/m0/s1. The van der Waals surface area contributed by atoms with Gasteiger partial charge >= 0.3 is 0 Å². The Balaban J connectivity index is 1.40. The van der Waals surface area contributed by atoms with Crippen LogP contribution in [0.15, 0.2) is 42.5 Å². The number of nitrogens with zero attached hydrogens (tertiary/aromatic N) is 2. The van der Waals surface area contributed by atoms with Crippen LogP contribution in [0.1, 0.15) is 24.2 Å². The number of aromatic nitrogens is 1. The van der Waals surface area contributed by atoms with Crippen molar-refractivity contribution in [2.75, 3.05) is 20.2 Å². The first-order valence-electron chi connectivity index (χ1n) is 9.75. The molecule has 2 aromatic rings. The Kier molecular flexibility index (Phi) is 5.32. The summed E-state index contributed by atoms with van der Waals surface area (Å²) in [6.07, 6.45) is 1.05. The Morgan fingerprint density at radius 1 is 1.04 bits per heavy atom. The number of hydrogen-bond acceptors (Lipinski definition) is 5. The molecule has 144 valence electrons. The van der Waals surface area contributed by atoms with Crippen molar-refractivity contribution in [3.05, 3.63) is 53.9 Å². The molecule has 5 heteroatoms. The van der Waals surface area contributed by atoms with E-state index in [1.54, 1.807) is 7.11 Å². The van der Waals surface area contributed by atoms with Gasteiger partial charge in [0.1, 0.15) is 6.10 Å². The lowest BCUT2D eigenvalue weighted by Gasteiger charge is -2.35. The second-order valence-corrected chi connectivity index (χ2v) is 7.83. The van der Waals surface area contributed by atoms with Crippen LogP contribution in [0.4, 0.5) is 0 Å². The highest BCUT2D eigenvalue weighted by molar-refractivity contribution is 5.39. The molecule has 2 aliphatic rings. The third-order valence-corrected chi connectivity index (χ3v) is 5.84. The van der Waals surface area contributed by atoms with Crippen molar-refractivity contribution in [1.82, 2.24) is 9.88 Å². The van der Waals surface area contributed by atoms with Gasteiger partial charge in [-0.15, -0.1) is 0 Å². The van der Waals surface area contributed by atoms with Crippen LogP contribution in [0.25, 0.3) is 0 Å². The molecule has 4 atom stereocenters. The highest BCUT2D eigenvalue weighted by atomic mass is 16.5. The molecule has 0 unspecified atom stereocenters. The zero-order chi connectivity index (χ0) is 18.8. The Bertz CT molecular complexity index is 782. The third-order valence-electron chi connectivity index (χ3n) is 5.84. The molecule has 2 fully saturated rings. The summed E-state index contributed by atoms with van der Waals surface area (Å²) in [5.74, 6) is 2.51. The van der Waals surface area contributed by atoms with Crippen LogP contribution in [0.3, 0.4) is 0 Å². The van der Waals surface area contributed by atoms with E-state index in [4.69, 9.17) is 9.47 Å². The van der Waals surface area contributed by atoms with Crippen molar-refractivity contribution in [1.29, 1.82) is 0 Å². The molecular formula is C22H28N2O3. The van der Waals surface area contributed by atoms with Crippen molar-refractivity contribution in [2.45, 2.75) is 38.5 Å². The fraction of sp³-hybridized carbons (Fsp3) is 0.500. The zero-order valence-corrected chi connectivity index (χ0v) is 16.0. The number of fused-ring (bicyclic) bond motifs is 1. The first-order chi connectivity index (χ1) is 13.1. The lowest BCUT2D eigenvalue weighted by atomic mass is 9.78. The summed E-state index contributed by atoms with van der Waals surface area (Å²) in [5, 5.41) is 10.7. The number of likely N-dealkylation sites (tertiary alicyclic amines) is 1. The van der Waals surface area contributed by atoms with Gasteiger partial charge in [0.15, 0.2) is 11.5 Å². The highest BCUT2D eigenvalue weighted by Crippen LogP contribution is 2.39. The summed E-state index contributed by atoms with van der Waals surface area (Å²) in [5.41, 5.74) is 2.18. The van der Waals surface area contributed by atoms with Gasteiger partial charge in [-0.1, -0.05) is 18.2 Å². The first-order valence-corrected chi connectivity index (χ1v) is 9.75. The fourth-order valence-electron chi connectivity index (χ4n) is 4.54. The molecule has 1 N–H and O–H groups in total. The Labute approximate surface area is 160 Å². The van der Waals surface area contributed by atoms with E-state index in [9.17, 15) is 5.11 Å². The van der Waals surface area contributed by atoms with Crippen molar-refractivity contribution >= 4 is 0 Å². The molecule has 5 nitrogen and oxygen atoms in total. The largest absolute Gasteiger partial charge is 0.493 e. The van der Waals surface area contributed by atoms with Crippen molar-refractivity contribution in [3.8, 4) is 11.5 Å². The number of aliphatic hydroxyl groups is 1. The topological polar surface area (TPSA) is 54.8 Å². The van der Waals surface area contributed by atoms with Crippen LogP contribution in [-0.2, 0) is 6.54 Å². The van der Waals surface area contributed by atoms with Crippen molar-refractivity contribution < 1.29 is 14.6 Å². The molecule has 4 rings (SSSR count). The van der Waals surface area contributed by atoms with Crippen LogP contribution in [0, 0.1) is 18.8 Å². The predicted octanol–water partition coefficient (Wildman–Crippen LogP) is 3.05. The van der Waals surface area contributed by atoms with Gasteiger partial charge in [0.25, 0.3) is 0 Å². The Hall–Kier alpha value is -2.11. The number of pyridine rings is 1. The zero-order valence-electron chi connectivity index (χ0n) is 16.0. The van der Waals surface area contributed by atoms with Crippen LogP contribution < -0.4 is 9.47 Å². The van der Waals surface area contributed by atoms with Gasteiger partial charge in [0, 0.05) is 25.3 Å². The van der Waals surface area contributed by atoms with Crippen LogP contribution in [0.2, 0.25) is 0 Å². The molecule has 0 spiro atoms. The Morgan fingerprint density at radius 3 is 2.52 bits per heavy atom. The summed E-state index contributed by atoms with van der Waals surface area (Å²) in [6.45, 7) is 4.98. The minimum absolute atomic E-state index is 0.181. The second kappa shape index (κ2) is 7.87. The molecule has 1 aromatic carbocycles. The van der Waals surface area contributed by atoms with E-state index in [0.717, 1.165) is 43.9 Å². The lowest BCUT2D eigenvalue weighted by Crippen LogP contribution is -2.42. The molecule has 27 heavy (non-hydrogen) atoms. The highest BCUT2D eigenvalue weighted by Gasteiger charge is 2.42. The van der Waals surface area contributed by atoms with E-state index >= 15 is 0 Å². The van der Waals surface area contributed by atoms with E-state index in [-0.39, 0.29) is 6.10 Å². The van der Waals surface area contributed by atoms with Gasteiger partial charge in [0.05, 0.1) is 18.9 Å². The minimum Gasteiger partial charge on any atom is -0.493 e. The number of hydrogen-bond donors (Lipinski definition) is 1. The summed E-state index contributed by atoms with van der Waals surface area (Å²) in [4.78, 5) is 7.10. The van der Waals surface area contributed by atoms with Gasteiger partial charge in [-0.3, -0.25) is 9.88 Å². The van der Waals surface area contributed by atoms with E-state index in [1.165, 1.54) is 0 Å². The molecule has 0 radical (unpaired) electrons. The number of aliphatic hydroxyl groups excluding tert-OH is 1. The number of aryl methyl sites for hydroxylation is 1. The van der Waals surface area contributed by atoms with Gasteiger partial charge in [-0.05, 0) is 55.9 Å². The second-order valence-electron chi connectivity index (χ2n) is 7.83. The van der Waals surface area contributed by atoms with Gasteiger partial charge in [-0.2, -0.15) is 0 Å². The minimum atomic E-state index is -0.437. The van der Waals surface area contributed by atoms with Gasteiger partial charge in [-0.25, -0.2) is 0 Å². The number of ether oxygens (including phenoxy) is 2. The fourth-order valence-corrected chi connectivity index (χ4v) is 4.54. The molecule has 0 bridgehead atoms. The van der Waals surface area contributed by atoms with Crippen molar-refractivity contribution in [2.24, 2.45) is 11.8 Å². The third kappa shape index (κ3) is 4.09. The van der Waals surface area contributed by atoms with Crippen LogP contribution in [0.5, 0.6) is 11.5 Å². The average Bonchev–Trinajstić information content (AvgIpc) is 3.03. The monoisotopic (exact) mass is 368 g/mol. The smallest absolute Gasteiger partial charge is 0.161 e. The van der Waals surface area contributed by atoms with Gasteiger partial charge in [0.2, 0.25) is 0 Å². The maximum absolute atomic E-state index is 10.7. The summed E-state index contributed by atoms with van der Waals surface area (Å²) >= 11 is 0. The van der Waals surface area contributed by atoms with E-state index in [2.05, 4.69) is 22.0 Å². The molecule has 1 saturated heterocycles. The predicted molar refractivity (Wildman–Crippen MR) is 104 cm³/mol. The van der Waals surface area contributed by atoms with Crippen LogP contribution in [-0.4, -0.2) is 47.4 Å². The Morgan fingerprint density at radius 2 is 1.78 bits per heavy atom. The maximum Gasteiger partial charge on any atom is 0.161 e. The first kappa shape index (κ1) is 18.3. The molecular weight excluding hydrogens is 340 g/mol. The van der Waals surface area contributed by atoms with E-state index in [0.29, 0.717) is 23.3 Å². The lowest BCUT2D eigenvalue weighted by molar-refractivity contribution is -0.0240. The summed E-state index contributed by atoms with van der Waals surface area (Å²) in [7, 11) is 1.64. The molecule has 1 aromatic heterocycles. The summed E-state index contributed by atoms with van der Waals surface area (Å²) < 4.78 is 11.5. The number of rotatable bonds is 5. The SMILES string of the molecule is COc1ccccc1O[C@@H]1C[C@@H]2CN(Cc3cccc(C)n3)C[C@@H]2C[C@H]1O. The van der Waals surface area contributed by atoms with E-state index < -0.39 is 6.10 Å². The number of methoxy groups -OCH3 is 1. The molecule has 2 heterocycles. The molecule has 1 saturated carbocycles. The van der Waals surface area contributed by atoms with Gasteiger partial charge < -0.3 is 14.6 Å². The molecule has 1 aliphatic heterocycles. The maximum atomic E-state index is 10.7. The number of benzene rings is 1. The number of para-hydroxylation sites is 2. The average molecular weight is 368 g/mol. The van der Waals surface area contributed by atoms with Crippen LogP contribution >= 0.6 is 0 Å².